The Morgan fingerprint density at radius 2 is 2.00 bits per heavy atom. The van der Waals surface area contributed by atoms with E-state index in [4.69, 9.17) is 0 Å². The van der Waals surface area contributed by atoms with Crippen molar-refractivity contribution in [3.05, 3.63) is 42.5 Å². The molecule has 0 aliphatic rings. The number of nitrogens with zero attached hydrogens (tertiary/aromatic N) is 3. The number of anilines is 1. The summed E-state index contributed by atoms with van der Waals surface area (Å²) in [5.41, 5.74) is 1.10. The Morgan fingerprint density at radius 3 is 2.69 bits per heavy atom. The molecule has 2 rings (SSSR count). The first-order valence-electron chi connectivity index (χ1n) is 5.44. The Hall–Kier alpha value is -1.84. The van der Waals surface area contributed by atoms with Gasteiger partial charge in [-0.25, -0.2) is 9.67 Å². The summed E-state index contributed by atoms with van der Waals surface area (Å²) in [5, 5.41) is 7.51. The van der Waals surface area contributed by atoms with Crippen molar-refractivity contribution in [1.82, 2.24) is 14.8 Å². The highest BCUT2D eigenvalue weighted by Gasteiger charge is 2.06. The standard InChI is InChI=1S/C12H16N4/c1-10(2)16-12(14-9-15-16)8-13-11-6-4-3-5-7-11/h3-7,9-10,13H,8H2,1-2H3. The molecule has 4 nitrogen and oxygen atoms in total. The summed E-state index contributed by atoms with van der Waals surface area (Å²) in [6.07, 6.45) is 1.60. The zero-order chi connectivity index (χ0) is 11.4. The van der Waals surface area contributed by atoms with E-state index in [0.29, 0.717) is 12.6 Å². The van der Waals surface area contributed by atoms with Gasteiger partial charge in [-0.15, -0.1) is 0 Å². The van der Waals surface area contributed by atoms with Gasteiger partial charge in [-0.1, -0.05) is 18.2 Å². The lowest BCUT2D eigenvalue weighted by molar-refractivity contribution is 0.509. The van der Waals surface area contributed by atoms with Crippen LogP contribution in [-0.2, 0) is 6.54 Å². The van der Waals surface area contributed by atoms with E-state index in [9.17, 15) is 0 Å². The SMILES string of the molecule is CC(C)n1ncnc1CNc1ccccc1. The van der Waals surface area contributed by atoms with Crippen LogP contribution in [0.15, 0.2) is 36.7 Å². The third-order valence-electron chi connectivity index (χ3n) is 2.36. The molecule has 0 spiro atoms. The second-order valence-corrected chi connectivity index (χ2v) is 3.93. The molecule has 84 valence electrons. The van der Waals surface area contributed by atoms with E-state index < -0.39 is 0 Å². The van der Waals surface area contributed by atoms with E-state index in [1.54, 1.807) is 6.33 Å². The first kappa shape index (κ1) is 10.7. The van der Waals surface area contributed by atoms with Crippen molar-refractivity contribution in [1.29, 1.82) is 0 Å². The average molecular weight is 216 g/mol. The average Bonchev–Trinajstić information content (AvgIpc) is 2.76. The molecule has 0 fully saturated rings. The molecule has 0 aliphatic carbocycles. The number of rotatable bonds is 4. The largest absolute Gasteiger partial charge is 0.378 e. The van der Waals surface area contributed by atoms with Gasteiger partial charge in [0.25, 0.3) is 0 Å². The summed E-state index contributed by atoms with van der Waals surface area (Å²) in [6.45, 7) is 4.89. The van der Waals surface area contributed by atoms with Crippen LogP contribution in [0.5, 0.6) is 0 Å². The molecule has 2 aromatic rings. The van der Waals surface area contributed by atoms with Crippen molar-refractivity contribution in [3.8, 4) is 0 Å². The minimum absolute atomic E-state index is 0.343. The summed E-state index contributed by atoms with van der Waals surface area (Å²) < 4.78 is 1.93. The minimum atomic E-state index is 0.343. The first-order chi connectivity index (χ1) is 7.77. The van der Waals surface area contributed by atoms with E-state index >= 15 is 0 Å². The Balaban J connectivity index is 2.02. The highest BCUT2D eigenvalue weighted by Crippen LogP contribution is 2.09. The predicted octanol–water partition coefficient (Wildman–Crippen LogP) is 2.47. The van der Waals surface area contributed by atoms with Crippen molar-refractivity contribution >= 4 is 5.69 Å². The van der Waals surface area contributed by atoms with E-state index in [-0.39, 0.29) is 0 Å². The third kappa shape index (κ3) is 2.39. The third-order valence-corrected chi connectivity index (χ3v) is 2.36. The molecule has 0 bridgehead atoms. The topological polar surface area (TPSA) is 42.7 Å². The molecule has 1 aromatic heterocycles. The van der Waals surface area contributed by atoms with Gasteiger partial charge in [-0.2, -0.15) is 5.10 Å². The van der Waals surface area contributed by atoms with Gasteiger partial charge in [0.05, 0.1) is 6.54 Å². The molecule has 0 atom stereocenters. The zero-order valence-corrected chi connectivity index (χ0v) is 9.59. The maximum Gasteiger partial charge on any atom is 0.146 e. The first-order valence-corrected chi connectivity index (χ1v) is 5.44. The summed E-state index contributed by atoms with van der Waals surface area (Å²) >= 11 is 0. The minimum Gasteiger partial charge on any atom is -0.378 e. The summed E-state index contributed by atoms with van der Waals surface area (Å²) in [6, 6.07) is 10.4. The summed E-state index contributed by atoms with van der Waals surface area (Å²) in [7, 11) is 0. The van der Waals surface area contributed by atoms with E-state index in [2.05, 4.69) is 29.2 Å². The Kier molecular flexibility index (Phi) is 3.19. The van der Waals surface area contributed by atoms with Crippen LogP contribution in [0.3, 0.4) is 0 Å². The maximum atomic E-state index is 4.24. The fourth-order valence-corrected chi connectivity index (χ4v) is 1.57. The number of nitrogens with one attached hydrogen (secondary N) is 1. The Bertz CT molecular complexity index is 433. The second kappa shape index (κ2) is 4.79. The van der Waals surface area contributed by atoms with Gasteiger partial charge in [0.15, 0.2) is 0 Å². The smallest absolute Gasteiger partial charge is 0.146 e. The number of aromatic nitrogens is 3. The van der Waals surface area contributed by atoms with Gasteiger partial charge in [0.2, 0.25) is 0 Å². The number of hydrogen-bond acceptors (Lipinski definition) is 3. The van der Waals surface area contributed by atoms with Gasteiger partial charge >= 0.3 is 0 Å². The molecule has 1 heterocycles. The highest BCUT2D eigenvalue weighted by molar-refractivity contribution is 5.42. The van der Waals surface area contributed by atoms with E-state index in [1.807, 2.05) is 35.0 Å². The lowest BCUT2D eigenvalue weighted by Crippen LogP contribution is -2.11. The number of hydrogen-bond donors (Lipinski definition) is 1. The van der Waals surface area contributed by atoms with Crippen LogP contribution in [-0.4, -0.2) is 14.8 Å². The fraction of sp³-hybridized carbons (Fsp3) is 0.333. The lowest BCUT2D eigenvalue weighted by Gasteiger charge is -2.10. The van der Waals surface area contributed by atoms with Crippen molar-refractivity contribution in [2.75, 3.05) is 5.32 Å². The molecule has 0 aliphatic heterocycles. The Morgan fingerprint density at radius 1 is 1.25 bits per heavy atom. The van der Waals surface area contributed by atoms with E-state index in [0.717, 1.165) is 11.5 Å². The molecule has 0 radical (unpaired) electrons. The summed E-state index contributed by atoms with van der Waals surface area (Å²) in [4.78, 5) is 4.24. The van der Waals surface area contributed by atoms with Gasteiger partial charge in [0.1, 0.15) is 12.2 Å². The molecule has 0 saturated heterocycles. The summed E-state index contributed by atoms with van der Waals surface area (Å²) in [5.74, 6) is 0.957. The fourth-order valence-electron chi connectivity index (χ4n) is 1.57. The number of para-hydroxylation sites is 1. The molecule has 4 heteroatoms. The lowest BCUT2D eigenvalue weighted by atomic mass is 10.3. The van der Waals surface area contributed by atoms with Crippen molar-refractivity contribution in [3.63, 3.8) is 0 Å². The normalized spacial score (nSPS) is 10.7. The molecule has 0 unspecified atom stereocenters. The molecule has 1 aromatic carbocycles. The predicted molar refractivity (Wildman–Crippen MR) is 64.2 cm³/mol. The molecular weight excluding hydrogens is 200 g/mol. The van der Waals surface area contributed by atoms with Crippen LogP contribution in [0, 0.1) is 0 Å². The van der Waals surface area contributed by atoms with Crippen molar-refractivity contribution in [2.24, 2.45) is 0 Å². The van der Waals surface area contributed by atoms with Crippen LogP contribution in [0.1, 0.15) is 25.7 Å². The van der Waals surface area contributed by atoms with Gasteiger partial charge in [-0.05, 0) is 26.0 Å². The monoisotopic (exact) mass is 216 g/mol. The van der Waals surface area contributed by atoms with Crippen LogP contribution in [0.4, 0.5) is 5.69 Å². The Labute approximate surface area is 95.3 Å². The van der Waals surface area contributed by atoms with Crippen molar-refractivity contribution < 1.29 is 0 Å². The molecular formula is C12H16N4. The van der Waals surface area contributed by atoms with Crippen LogP contribution >= 0.6 is 0 Å². The van der Waals surface area contributed by atoms with Crippen LogP contribution in [0.2, 0.25) is 0 Å². The molecule has 0 saturated carbocycles. The van der Waals surface area contributed by atoms with Crippen molar-refractivity contribution in [2.45, 2.75) is 26.4 Å². The quantitative estimate of drug-likeness (QED) is 0.853. The number of benzene rings is 1. The second-order valence-electron chi connectivity index (χ2n) is 3.93. The maximum absolute atomic E-state index is 4.24. The molecule has 16 heavy (non-hydrogen) atoms. The van der Waals surface area contributed by atoms with Gasteiger partial charge in [0, 0.05) is 11.7 Å². The van der Waals surface area contributed by atoms with Gasteiger partial charge in [-0.3, -0.25) is 0 Å². The molecule has 1 N–H and O–H groups in total. The highest BCUT2D eigenvalue weighted by atomic mass is 15.3. The van der Waals surface area contributed by atoms with Crippen LogP contribution in [0.25, 0.3) is 0 Å². The van der Waals surface area contributed by atoms with Gasteiger partial charge < -0.3 is 5.32 Å². The van der Waals surface area contributed by atoms with E-state index in [1.165, 1.54) is 0 Å². The van der Waals surface area contributed by atoms with Crippen LogP contribution < -0.4 is 5.32 Å². The zero-order valence-electron chi connectivity index (χ0n) is 9.59. The molecule has 0 amide bonds.